The van der Waals surface area contributed by atoms with Crippen LogP contribution in [0.25, 0.3) is 11.1 Å². The highest BCUT2D eigenvalue weighted by Crippen LogP contribution is 2.74. The number of allylic oxidation sites excluding steroid dienone is 2. The van der Waals surface area contributed by atoms with E-state index in [0.717, 1.165) is 16.0 Å². The van der Waals surface area contributed by atoms with E-state index in [2.05, 4.69) is 0 Å². The van der Waals surface area contributed by atoms with Gasteiger partial charge in [-0.1, -0.05) is 120 Å². The van der Waals surface area contributed by atoms with Gasteiger partial charge in [0.05, 0.1) is 34.3 Å². The number of imide groups is 1. The van der Waals surface area contributed by atoms with Crippen LogP contribution in [0.15, 0.2) is 133 Å². The third-order valence-corrected chi connectivity index (χ3v) is 10.6. The van der Waals surface area contributed by atoms with Gasteiger partial charge in [0.1, 0.15) is 0 Å². The van der Waals surface area contributed by atoms with Crippen LogP contribution in [-0.2, 0) is 25.2 Å². The molecule has 0 radical (unpaired) electrons. The number of amides is 2. The molecular weight excluding hydrogens is 645 g/mol. The summed E-state index contributed by atoms with van der Waals surface area (Å²) in [6.45, 7) is 0. The Morgan fingerprint density at radius 1 is 0.583 bits per heavy atom. The van der Waals surface area contributed by atoms with Gasteiger partial charge < -0.3 is 9.90 Å². The summed E-state index contributed by atoms with van der Waals surface area (Å²) in [6.07, 6.45) is 0. The number of anilines is 1. The van der Waals surface area contributed by atoms with Crippen LogP contribution in [-0.4, -0.2) is 23.6 Å². The van der Waals surface area contributed by atoms with Crippen molar-refractivity contribution in [2.45, 2.75) is 10.8 Å². The Morgan fingerprint density at radius 3 is 1.44 bits per heavy atom. The number of nitrogens with zero attached hydrogens (tertiary/aromatic N) is 1. The molecule has 2 bridgehead atoms. The third kappa shape index (κ3) is 3.87. The van der Waals surface area contributed by atoms with Crippen LogP contribution >= 0.6 is 23.2 Å². The van der Waals surface area contributed by atoms with Crippen LogP contribution in [0, 0.1) is 11.8 Å². The van der Waals surface area contributed by atoms with Gasteiger partial charge in [-0.2, -0.15) is 0 Å². The molecule has 4 atom stereocenters. The first-order valence-electron chi connectivity index (χ1n) is 15.3. The van der Waals surface area contributed by atoms with Crippen molar-refractivity contribution >= 4 is 63.6 Å². The van der Waals surface area contributed by atoms with Crippen molar-refractivity contribution < 1.29 is 24.3 Å². The molecule has 5 aromatic rings. The molecule has 5 aromatic carbocycles. The molecular formula is C40H24Cl2NO5-. The van der Waals surface area contributed by atoms with Crippen molar-refractivity contribution in [3.05, 3.63) is 171 Å². The molecule has 6 nitrogen and oxygen atoms in total. The molecule has 48 heavy (non-hydrogen) atoms. The fourth-order valence-electron chi connectivity index (χ4n) is 8.38. The Labute approximate surface area is 285 Å². The Kier molecular flexibility index (Phi) is 6.81. The van der Waals surface area contributed by atoms with Crippen LogP contribution in [0.5, 0.6) is 0 Å². The predicted octanol–water partition coefficient (Wildman–Crippen LogP) is 6.55. The van der Waals surface area contributed by atoms with Crippen LogP contribution in [0.4, 0.5) is 5.69 Å². The second-order valence-corrected chi connectivity index (χ2v) is 13.1. The lowest BCUT2D eigenvalue weighted by atomic mass is 9.59. The zero-order valence-electron chi connectivity index (χ0n) is 25.1. The average molecular weight is 670 g/mol. The fourth-order valence-corrected chi connectivity index (χ4v) is 8.64. The smallest absolute Gasteiger partial charge is 0.239 e. The number of rotatable bonds is 6. The molecule has 0 spiro atoms. The molecule has 2 fully saturated rings. The van der Waals surface area contributed by atoms with E-state index >= 15 is 14.4 Å². The summed E-state index contributed by atoms with van der Waals surface area (Å²) in [4.78, 5) is 58.9. The summed E-state index contributed by atoms with van der Waals surface area (Å²) < 4.78 is 0. The summed E-state index contributed by atoms with van der Waals surface area (Å²) in [6, 6.07) is 38.2. The summed E-state index contributed by atoms with van der Waals surface area (Å²) >= 11 is 12.8. The Bertz CT molecular complexity index is 2070. The number of carbonyl (C=O) groups excluding carboxylic acids is 4. The summed E-state index contributed by atoms with van der Waals surface area (Å²) in [5.74, 6) is -5.29. The van der Waals surface area contributed by atoms with E-state index in [1.54, 1.807) is 48.5 Å². The number of Topliss-reactive ketones (excluding diaryl/α,β-unsaturated/α-hetero) is 1. The van der Waals surface area contributed by atoms with Crippen molar-refractivity contribution in [3.63, 3.8) is 0 Å². The predicted molar refractivity (Wildman–Crippen MR) is 181 cm³/mol. The van der Waals surface area contributed by atoms with Gasteiger partial charge in [0.15, 0.2) is 5.78 Å². The van der Waals surface area contributed by atoms with Gasteiger partial charge in [-0.15, -0.1) is 0 Å². The van der Waals surface area contributed by atoms with Gasteiger partial charge in [-0.25, -0.2) is 4.90 Å². The molecule has 4 unspecified atom stereocenters. The number of carboxylic acid groups (broad SMARTS) is 1. The number of aromatic carboxylic acids is 1. The number of fused-ring (bicyclic) bond motifs is 5. The Hall–Kier alpha value is -5.30. The quantitative estimate of drug-likeness (QED) is 0.191. The molecule has 1 saturated carbocycles. The maximum Gasteiger partial charge on any atom is 0.239 e. The maximum absolute atomic E-state index is 15.9. The minimum atomic E-state index is -1.63. The van der Waals surface area contributed by atoms with Gasteiger partial charge in [0.2, 0.25) is 11.8 Å². The molecule has 1 aliphatic heterocycles. The molecule has 2 aliphatic carbocycles. The molecule has 1 heterocycles. The summed E-state index contributed by atoms with van der Waals surface area (Å²) in [7, 11) is 0. The monoisotopic (exact) mass is 668 g/mol. The van der Waals surface area contributed by atoms with E-state index in [1.807, 2.05) is 60.7 Å². The number of hydrogen-bond acceptors (Lipinski definition) is 5. The minimum Gasteiger partial charge on any atom is -0.545 e. The van der Waals surface area contributed by atoms with Crippen molar-refractivity contribution in [1.29, 1.82) is 0 Å². The van der Waals surface area contributed by atoms with Crippen molar-refractivity contribution in [1.82, 2.24) is 0 Å². The minimum absolute atomic E-state index is 0.0907. The zero-order valence-corrected chi connectivity index (χ0v) is 26.6. The van der Waals surface area contributed by atoms with E-state index in [4.69, 9.17) is 23.2 Å². The first-order valence-corrected chi connectivity index (χ1v) is 16.1. The second-order valence-electron chi connectivity index (χ2n) is 12.2. The van der Waals surface area contributed by atoms with E-state index in [1.165, 1.54) is 24.3 Å². The van der Waals surface area contributed by atoms with Crippen LogP contribution in [0.2, 0.25) is 10.0 Å². The Balaban J connectivity index is 1.54. The van der Waals surface area contributed by atoms with Gasteiger partial charge in [0, 0.05) is 10.0 Å². The second kappa shape index (κ2) is 10.9. The molecule has 0 aromatic heterocycles. The zero-order chi connectivity index (χ0) is 33.4. The molecule has 8 heteroatoms. The Morgan fingerprint density at radius 2 is 1.02 bits per heavy atom. The van der Waals surface area contributed by atoms with Crippen molar-refractivity contribution in [2.75, 3.05) is 4.90 Å². The van der Waals surface area contributed by atoms with E-state index < -0.39 is 40.4 Å². The number of hydrogen-bond donors (Lipinski definition) is 0. The van der Waals surface area contributed by atoms with Crippen LogP contribution in [0.1, 0.15) is 32.6 Å². The van der Waals surface area contributed by atoms with Gasteiger partial charge in [0.25, 0.3) is 0 Å². The lowest BCUT2D eigenvalue weighted by molar-refractivity contribution is -0.255. The van der Waals surface area contributed by atoms with Crippen molar-refractivity contribution in [3.8, 4) is 0 Å². The highest BCUT2D eigenvalue weighted by Gasteiger charge is 2.82. The lowest BCUT2D eigenvalue weighted by Gasteiger charge is -2.39. The number of ketones is 1. The fraction of sp³-hybridized carbons (Fsp3) is 0.100. The standard InChI is InChI=1S/C40H25Cl2NO5/c41-28-18-14-26(15-19-28)39-31(23-8-3-1-4-9-23)32(24-10-5-2-6-11-24)40(38(39)48,27-16-20-29(42)21-17-27)34-33(39)35(44)43(36(34)45)30-13-7-12-25(22-30)37(46)47/h1-22,33-34H,(H,46,47)/p-1. The SMILES string of the molecule is O=C([O-])c1cccc(N2C(=O)C3C(C2=O)C2(c4ccc(Cl)cc4)C(=O)C3(c3ccc(Cl)cc3)C(c3ccccc3)=C2c2ccccc2)c1. The average Bonchev–Trinajstić information content (AvgIpc) is 3.61. The van der Waals surface area contributed by atoms with Gasteiger partial charge in [-0.05, 0) is 75.4 Å². The van der Waals surface area contributed by atoms with E-state index in [-0.39, 0.29) is 17.0 Å². The highest BCUT2D eigenvalue weighted by atomic mass is 35.5. The normalized spacial score (nSPS) is 24.4. The first-order chi connectivity index (χ1) is 23.2. The largest absolute Gasteiger partial charge is 0.545 e. The van der Waals surface area contributed by atoms with Gasteiger partial charge >= 0.3 is 0 Å². The van der Waals surface area contributed by atoms with Crippen LogP contribution in [0.3, 0.4) is 0 Å². The maximum atomic E-state index is 15.9. The number of benzene rings is 5. The number of halogens is 2. The first kappa shape index (κ1) is 30.1. The molecule has 3 aliphatic rings. The van der Waals surface area contributed by atoms with Gasteiger partial charge in [-0.3, -0.25) is 14.4 Å². The third-order valence-electron chi connectivity index (χ3n) is 10.1. The topological polar surface area (TPSA) is 94.6 Å². The molecule has 1 saturated heterocycles. The highest BCUT2D eigenvalue weighted by molar-refractivity contribution is 6.39. The summed E-state index contributed by atoms with van der Waals surface area (Å²) in [5.41, 5.74) is 0.416. The number of carbonyl (C=O) groups is 4. The van der Waals surface area contributed by atoms with Crippen molar-refractivity contribution in [2.24, 2.45) is 11.8 Å². The molecule has 2 amide bonds. The number of carboxylic acids is 1. The molecule has 0 N–H and O–H groups in total. The molecule has 8 rings (SSSR count). The molecule has 234 valence electrons. The lowest BCUT2D eigenvalue weighted by Crippen LogP contribution is -2.45. The van der Waals surface area contributed by atoms with E-state index in [9.17, 15) is 9.90 Å². The van der Waals surface area contributed by atoms with E-state index in [0.29, 0.717) is 32.3 Å². The summed E-state index contributed by atoms with van der Waals surface area (Å²) in [5, 5.41) is 12.7. The van der Waals surface area contributed by atoms with Crippen LogP contribution < -0.4 is 10.0 Å².